The van der Waals surface area contributed by atoms with E-state index in [2.05, 4.69) is 4.90 Å². The molecule has 0 aliphatic carbocycles. The predicted octanol–water partition coefficient (Wildman–Crippen LogP) is 2.95. The molecule has 0 aliphatic rings. The maximum absolute atomic E-state index is 9.84. The summed E-state index contributed by atoms with van der Waals surface area (Å²) in [6, 6.07) is 7.75. The molecule has 2 heterocycles. The zero-order valence-electron chi connectivity index (χ0n) is 11.5. The second kappa shape index (κ2) is 6.59. The van der Waals surface area contributed by atoms with Crippen molar-refractivity contribution in [2.45, 2.75) is 39.5 Å². The van der Waals surface area contributed by atoms with E-state index in [0.29, 0.717) is 19.6 Å². The van der Waals surface area contributed by atoms with E-state index in [0.717, 1.165) is 23.7 Å². The molecule has 1 atom stereocenters. The molecule has 0 bridgehead atoms. The molecule has 0 aliphatic heterocycles. The Labute approximate surface area is 113 Å². The molecule has 104 valence electrons. The number of hydrogen-bond donors (Lipinski definition) is 1. The van der Waals surface area contributed by atoms with E-state index in [-0.39, 0.29) is 6.10 Å². The van der Waals surface area contributed by atoms with Crippen LogP contribution < -0.4 is 0 Å². The number of aliphatic hydroxyl groups excluding tert-OH is 1. The summed E-state index contributed by atoms with van der Waals surface area (Å²) in [5.41, 5.74) is 0. The van der Waals surface area contributed by atoms with Gasteiger partial charge >= 0.3 is 0 Å². The maximum atomic E-state index is 9.84. The van der Waals surface area contributed by atoms with Crippen LogP contribution in [-0.4, -0.2) is 22.7 Å². The molecule has 2 rings (SSSR count). The first-order valence-electron chi connectivity index (χ1n) is 6.65. The van der Waals surface area contributed by atoms with Crippen molar-refractivity contribution in [3.63, 3.8) is 0 Å². The molecular weight excluding hydrogens is 242 g/mol. The molecule has 0 radical (unpaired) electrons. The van der Waals surface area contributed by atoms with Gasteiger partial charge in [-0.2, -0.15) is 0 Å². The van der Waals surface area contributed by atoms with Crippen LogP contribution in [0.4, 0.5) is 0 Å². The molecule has 4 heteroatoms. The van der Waals surface area contributed by atoms with Gasteiger partial charge in [0.05, 0.1) is 25.5 Å². The van der Waals surface area contributed by atoms with Crippen LogP contribution in [0.3, 0.4) is 0 Å². The first-order valence-corrected chi connectivity index (χ1v) is 6.65. The van der Waals surface area contributed by atoms with Crippen molar-refractivity contribution >= 4 is 0 Å². The van der Waals surface area contributed by atoms with Gasteiger partial charge in [-0.1, -0.05) is 6.92 Å². The highest BCUT2D eigenvalue weighted by molar-refractivity contribution is 5.06. The predicted molar refractivity (Wildman–Crippen MR) is 72.6 cm³/mol. The number of aryl methyl sites for hydroxylation is 1. The number of rotatable bonds is 7. The molecule has 4 nitrogen and oxygen atoms in total. The van der Waals surface area contributed by atoms with Gasteiger partial charge in [-0.3, -0.25) is 4.90 Å². The van der Waals surface area contributed by atoms with Crippen LogP contribution in [0.15, 0.2) is 39.4 Å². The summed E-state index contributed by atoms with van der Waals surface area (Å²) in [7, 11) is 0. The quantitative estimate of drug-likeness (QED) is 0.834. The Bertz CT molecular complexity index is 475. The lowest BCUT2D eigenvalue weighted by atomic mass is 10.2. The first-order chi connectivity index (χ1) is 9.17. The van der Waals surface area contributed by atoms with Gasteiger partial charge in [0, 0.05) is 6.54 Å². The van der Waals surface area contributed by atoms with Crippen molar-refractivity contribution in [2.75, 3.05) is 6.54 Å². The van der Waals surface area contributed by atoms with E-state index in [1.54, 1.807) is 6.26 Å². The van der Waals surface area contributed by atoms with Crippen LogP contribution in [0.5, 0.6) is 0 Å². The van der Waals surface area contributed by atoms with Crippen molar-refractivity contribution in [3.8, 4) is 0 Å². The average molecular weight is 263 g/mol. The van der Waals surface area contributed by atoms with Crippen molar-refractivity contribution in [3.05, 3.63) is 47.8 Å². The van der Waals surface area contributed by atoms with Crippen LogP contribution in [0, 0.1) is 6.92 Å². The summed E-state index contributed by atoms with van der Waals surface area (Å²) < 4.78 is 11.0. The molecular formula is C15H21NO3. The lowest BCUT2D eigenvalue weighted by molar-refractivity contribution is 0.0931. The summed E-state index contributed by atoms with van der Waals surface area (Å²) in [4.78, 5) is 2.13. The lowest BCUT2D eigenvalue weighted by Gasteiger charge is -2.22. The van der Waals surface area contributed by atoms with Crippen LogP contribution >= 0.6 is 0 Å². The molecule has 2 aromatic heterocycles. The Morgan fingerprint density at radius 1 is 1.21 bits per heavy atom. The van der Waals surface area contributed by atoms with Crippen LogP contribution in [0.25, 0.3) is 0 Å². The minimum atomic E-state index is -0.328. The highest BCUT2D eigenvalue weighted by Gasteiger charge is 2.14. The van der Waals surface area contributed by atoms with E-state index < -0.39 is 0 Å². The van der Waals surface area contributed by atoms with Gasteiger partial charge < -0.3 is 13.9 Å². The van der Waals surface area contributed by atoms with Gasteiger partial charge in [-0.05, 0) is 37.6 Å². The molecule has 0 unspecified atom stereocenters. The SMILES string of the molecule is CC[C@H](O)CN(Cc1ccco1)Cc1ccc(C)o1. The van der Waals surface area contributed by atoms with Crippen molar-refractivity contribution in [2.24, 2.45) is 0 Å². The molecule has 2 aromatic rings. The summed E-state index contributed by atoms with van der Waals surface area (Å²) in [6.45, 7) is 5.86. The minimum Gasteiger partial charge on any atom is -0.468 e. The maximum Gasteiger partial charge on any atom is 0.118 e. The molecule has 0 amide bonds. The van der Waals surface area contributed by atoms with Gasteiger partial charge in [-0.15, -0.1) is 0 Å². The zero-order valence-corrected chi connectivity index (χ0v) is 11.5. The number of furan rings is 2. The highest BCUT2D eigenvalue weighted by atomic mass is 16.3. The average Bonchev–Trinajstić information content (AvgIpc) is 3.01. The van der Waals surface area contributed by atoms with E-state index in [9.17, 15) is 5.11 Å². The largest absolute Gasteiger partial charge is 0.468 e. The Morgan fingerprint density at radius 2 is 2.00 bits per heavy atom. The first kappa shape index (κ1) is 13.9. The van der Waals surface area contributed by atoms with E-state index in [4.69, 9.17) is 8.83 Å². The molecule has 1 N–H and O–H groups in total. The zero-order chi connectivity index (χ0) is 13.7. The topological polar surface area (TPSA) is 49.8 Å². The monoisotopic (exact) mass is 263 g/mol. The minimum absolute atomic E-state index is 0.328. The Kier molecular flexibility index (Phi) is 4.82. The van der Waals surface area contributed by atoms with Crippen molar-refractivity contribution in [1.82, 2.24) is 4.90 Å². The van der Waals surface area contributed by atoms with E-state index >= 15 is 0 Å². The second-order valence-electron chi connectivity index (χ2n) is 4.82. The third-order valence-corrected chi connectivity index (χ3v) is 3.08. The van der Waals surface area contributed by atoms with Gasteiger partial charge in [-0.25, -0.2) is 0 Å². The number of hydrogen-bond acceptors (Lipinski definition) is 4. The van der Waals surface area contributed by atoms with Crippen LogP contribution in [0.2, 0.25) is 0 Å². The molecule has 0 aromatic carbocycles. The fraction of sp³-hybridized carbons (Fsp3) is 0.467. The normalized spacial score (nSPS) is 13.1. The molecule has 0 saturated heterocycles. The molecule has 19 heavy (non-hydrogen) atoms. The van der Waals surface area contributed by atoms with E-state index in [1.165, 1.54) is 0 Å². The van der Waals surface area contributed by atoms with Crippen LogP contribution in [-0.2, 0) is 13.1 Å². The Balaban J connectivity index is 2.00. The molecule has 0 spiro atoms. The smallest absolute Gasteiger partial charge is 0.118 e. The molecule has 0 saturated carbocycles. The summed E-state index contributed by atoms with van der Waals surface area (Å²) in [5, 5.41) is 9.84. The second-order valence-corrected chi connectivity index (χ2v) is 4.82. The van der Waals surface area contributed by atoms with Gasteiger partial charge in [0.1, 0.15) is 17.3 Å². The molecule has 0 fully saturated rings. The number of nitrogens with zero attached hydrogens (tertiary/aromatic N) is 1. The highest BCUT2D eigenvalue weighted by Crippen LogP contribution is 2.14. The van der Waals surface area contributed by atoms with Gasteiger partial charge in [0.2, 0.25) is 0 Å². The summed E-state index contributed by atoms with van der Waals surface area (Å²) >= 11 is 0. The lowest BCUT2D eigenvalue weighted by Crippen LogP contribution is -2.31. The van der Waals surface area contributed by atoms with Gasteiger partial charge in [0.25, 0.3) is 0 Å². The summed E-state index contributed by atoms with van der Waals surface area (Å²) in [6.07, 6.45) is 2.08. The third-order valence-electron chi connectivity index (χ3n) is 3.08. The Morgan fingerprint density at radius 3 is 2.58 bits per heavy atom. The van der Waals surface area contributed by atoms with Crippen molar-refractivity contribution in [1.29, 1.82) is 0 Å². The van der Waals surface area contributed by atoms with Gasteiger partial charge in [0.15, 0.2) is 0 Å². The fourth-order valence-electron chi connectivity index (χ4n) is 2.03. The van der Waals surface area contributed by atoms with Crippen LogP contribution in [0.1, 0.15) is 30.6 Å². The number of aliphatic hydroxyl groups is 1. The Hall–Kier alpha value is -1.52. The van der Waals surface area contributed by atoms with Crippen molar-refractivity contribution < 1.29 is 13.9 Å². The summed E-state index contributed by atoms with van der Waals surface area (Å²) in [5.74, 6) is 2.71. The fourth-order valence-corrected chi connectivity index (χ4v) is 2.03. The van der Waals surface area contributed by atoms with E-state index in [1.807, 2.05) is 38.1 Å². The standard InChI is InChI=1S/C15H21NO3/c1-3-13(17)9-16(10-14-5-4-8-18-14)11-15-7-6-12(2)19-15/h4-8,13,17H,3,9-11H2,1-2H3/t13-/m0/s1. The third kappa shape index (κ3) is 4.26.